The summed E-state index contributed by atoms with van der Waals surface area (Å²) in [6.07, 6.45) is 4.36. The zero-order valence-corrected chi connectivity index (χ0v) is 32.3. The number of likely N-dealkylation sites (N-methyl/N-ethyl adjacent to an activating group) is 1. The molecule has 4 aliphatic heterocycles. The van der Waals surface area contributed by atoms with E-state index in [0.29, 0.717) is 55.0 Å². The number of esters is 1. The Kier molecular flexibility index (Phi) is 8.99. The number of H-pyrrole nitrogens is 1. The zero-order chi connectivity index (χ0) is 39.3. The first kappa shape index (κ1) is 37.9. The number of para-hydroxylation sites is 1. The number of carbonyl (C=O) groups excluding carboxylic acids is 2. The van der Waals surface area contributed by atoms with Crippen LogP contribution in [0.4, 0.5) is 5.69 Å². The van der Waals surface area contributed by atoms with E-state index in [1.165, 1.54) is 7.11 Å². The summed E-state index contributed by atoms with van der Waals surface area (Å²) in [4.78, 5) is 36.6. The Morgan fingerprint density at radius 1 is 1.15 bits per heavy atom. The Labute approximate surface area is 321 Å². The maximum Gasteiger partial charge on any atom is 0.322 e. The van der Waals surface area contributed by atoms with E-state index in [4.69, 9.17) is 19.9 Å². The summed E-state index contributed by atoms with van der Waals surface area (Å²) < 4.78 is 18.0. The van der Waals surface area contributed by atoms with Gasteiger partial charge in [0.05, 0.1) is 33.5 Å². The van der Waals surface area contributed by atoms with Gasteiger partial charge in [0.15, 0.2) is 5.60 Å². The van der Waals surface area contributed by atoms with E-state index in [0.717, 1.165) is 22.0 Å². The number of methoxy groups -OCH3 is 2. The van der Waals surface area contributed by atoms with Gasteiger partial charge in [-0.05, 0) is 67.8 Å². The quantitative estimate of drug-likeness (QED) is 0.131. The fourth-order valence-corrected chi connectivity index (χ4v) is 12.1. The van der Waals surface area contributed by atoms with Crippen molar-refractivity contribution in [3.8, 4) is 5.75 Å². The fraction of sp³-hybridized carbons (Fsp3) is 0.571. The number of aliphatic hydroxyl groups is 4. The van der Waals surface area contributed by atoms with Crippen LogP contribution in [0.15, 0.2) is 48.6 Å². The molecular weight excluding hydrogens is 704 g/mol. The first-order valence-electron chi connectivity index (χ1n) is 19.4. The summed E-state index contributed by atoms with van der Waals surface area (Å²) in [6.45, 7) is 4.99. The molecule has 5 heterocycles. The molecule has 5 aliphatic rings. The smallest absolute Gasteiger partial charge is 0.322 e. The average molecular weight is 759 g/mol. The lowest BCUT2D eigenvalue weighted by molar-refractivity contribution is -0.201. The van der Waals surface area contributed by atoms with Gasteiger partial charge in [0, 0.05) is 71.0 Å². The lowest BCUT2D eigenvalue weighted by Crippen LogP contribution is -2.81. The van der Waals surface area contributed by atoms with Crippen LogP contribution in [0, 0.1) is 11.3 Å². The normalized spacial score (nSPS) is 34.9. The number of nitrogens with two attached hydrogens (primary N) is 1. The highest BCUT2D eigenvalue weighted by Gasteiger charge is 2.78. The van der Waals surface area contributed by atoms with Crippen LogP contribution in [0.25, 0.3) is 10.9 Å². The van der Waals surface area contributed by atoms with E-state index >= 15 is 4.79 Å². The first-order valence-corrected chi connectivity index (χ1v) is 19.4. The van der Waals surface area contributed by atoms with Gasteiger partial charge in [-0.3, -0.25) is 14.5 Å². The number of hydrogen-bond acceptors (Lipinski definition) is 11. The van der Waals surface area contributed by atoms with Crippen molar-refractivity contribution >= 4 is 28.5 Å². The van der Waals surface area contributed by atoms with Crippen LogP contribution >= 0.6 is 0 Å². The number of aryl methyl sites for hydroxylation is 1. The van der Waals surface area contributed by atoms with Crippen molar-refractivity contribution in [2.45, 2.75) is 86.2 Å². The number of hydrogen-bond donors (Lipinski definition) is 6. The summed E-state index contributed by atoms with van der Waals surface area (Å²) in [5.41, 5.74) is 3.24. The number of benzene rings is 2. The summed E-state index contributed by atoms with van der Waals surface area (Å²) in [5, 5.41) is 47.4. The number of ether oxygens (including phenoxy) is 3. The maximum atomic E-state index is 15.1. The molecule has 9 atom stereocenters. The Hall–Kier alpha value is -3.98. The van der Waals surface area contributed by atoms with Gasteiger partial charge in [-0.2, -0.15) is 0 Å². The average Bonchev–Trinajstić information content (AvgIpc) is 3.85. The van der Waals surface area contributed by atoms with Crippen molar-refractivity contribution in [3.63, 3.8) is 0 Å². The van der Waals surface area contributed by atoms with Crippen LogP contribution in [-0.4, -0.2) is 126 Å². The van der Waals surface area contributed by atoms with E-state index in [-0.39, 0.29) is 32.1 Å². The number of amides is 1. The minimum Gasteiger partial charge on any atom is -0.496 e. The van der Waals surface area contributed by atoms with Crippen LogP contribution < -0.4 is 15.4 Å². The Bertz CT molecular complexity index is 2070. The molecule has 1 saturated carbocycles. The molecule has 296 valence electrons. The van der Waals surface area contributed by atoms with E-state index < -0.39 is 64.0 Å². The second-order valence-electron chi connectivity index (χ2n) is 16.7. The first-order chi connectivity index (χ1) is 26.3. The predicted molar refractivity (Wildman–Crippen MR) is 205 cm³/mol. The molecule has 13 nitrogen and oxygen atoms in total. The molecule has 1 spiro atoms. The van der Waals surface area contributed by atoms with Crippen molar-refractivity contribution in [1.29, 1.82) is 0 Å². The van der Waals surface area contributed by atoms with Gasteiger partial charge in [-0.15, -0.1) is 0 Å². The van der Waals surface area contributed by atoms with E-state index in [9.17, 15) is 25.2 Å². The topological polar surface area (TPSA) is 191 Å². The van der Waals surface area contributed by atoms with Crippen LogP contribution in [0.5, 0.6) is 5.75 Å². The van der Waals surface area contributed by atoms with Crippen molar-refractivity contribution in [3.05, 3.63) is 70.9 Å². The summed E-state index contributed by atoms with van der Waals surface area (Å²) in [7, 11) is 4.72. The fourth-order valence-electron chi connectivity index (χ4n) is 12.1. The Balaban J connectivity index is 1.46. The third-order valence-electron chi connectivity index (χ3n) is 14.2. The molecule has 55 heavy (non-hydrogen) atoms. The molecule has 3 fully saturated rings. The van der Waals surface area contributed by atoms with Gasteiger partial charge in [-0.1, -0.05) is 44.2 Å². The molecule has 1 aromatic heterocycles. The van der Waals surface area contributed by atoms with Crippen LogP contribution in [0.1, 0.15) is 61.9 Å². The molecule has 2 unspecified atom stereocenters. The minimum atomic E-state index is -2.34. The molecule has 3 aromatic rings. The summed E-state index contributed by atoms with van der Waals surface area (Å²) >= 11 is 0. The monoisotopic (exact) mass is 758 g/mol. The molecule has 7 N–H and O–H groups in total. The molecule has 1 amide bonds. The number of aromatic amines is 1. The highest BCUT2D eigenvalue weighted by atomic mass is 16.5. The molecular formula is C42H54N4O9. The van der Waals surface area contributed by atoms with Gasteiger partial charge in [-0.25, -0.2) is 0 Å². The molecule has 2 aromatic carbocycles. The third kappa shape index (κ3) is 4.80. The molecule has 0 radical (unpaired) electrons. The highest BCUT2D eigenvalue weighted by molar-refractivity contribution is 5.95. The lowest BCUT2D eigenvalue weighted by atomic mass is 9.47. The standard InChI is InChI=1S/C42H54N4O9/c1-6-25-26-11-8-9-12-29(26)44-32(25)41(37(50)54-5,20-24-19-38(51,22-47)23-55-21-24)28-17-27-30(18-31(28)53-4)45(3)34-40(27)14-16-46-15-10-13-39(7-2,33(40)46)35(48)42(34,52)36(43)49/h8-13,17-18,24,33-35,44,47-48,51-52H,6-7,14-16,19-23H2,1-5H3,(H2,43,49)/t24-,33+,34?,35-,38-,39?,40-,41+,42+/m1/s1. The number of anilines is 1. The SMILES string of the molecule is CCc1c([C@@](C[C@@H]2COC[C@](O)(CO)C2)(C(=O)OC)c2cc3c(cc2OC)N(C)C2[C@]34CCN3CC=CC(CC)([C@@H](O)[C@]2(O)C(N)=O)[C@H]34)[nH]c2ccccc12. The number of nitrogens with one attached hydrogen (secondary N) is 1. The summed E-state index contributed by atoms with van der Waals surface area (Å²) in [5.74, 6) is -1.57. The van der Waals surface area contributed by atoms with Crippen molar-refractivity contribution in [1.82, 2.24) is 9.88 Å². The predicted octanol–water partition coefficient (Wildman–Crippen LogP) is 2.04. The molecule has 2 saturated heterocycles. The molecule has 0 bridgehead atoms. The number of fused-ring (bicyclic) bond motifs is 2. The molecule has 8 rings (SSSR count). The third-order valence-corrected chi connectivity index (χ3v) is 14.2. The second-order valence-corrected chi connectivity index (χ2v) is 16.7. The van der Waals surface area contributed by atoms with E-state index in [1.807, 2.05) is 74.3 Å². The van der Waals surface area contributed by atoms with Crippen LogP contribution in [-0.2, 0) is 36.3 Å². The zero-order valence-electron chi connectivity index (χ0n) is 32.3. The van der Waals surface area contributed by atoms with Gasteiger partial charge in [0.2, 0.25) is 0 Å². The number of primary amides is 1. The van der Waals surface area contributed by atoms with Crippen molar-refractivity contribution < 1.29 is 44.2 Å². The Morgan fingerprint density at radius 3 is 2.58 bits per heavy atom. The Morgan fingerprint density at radius 2 is 1.91 bits per heavy atom. The molecule has 13 heteroatoms. The van der Waals surface area contributed by atoms with Crippen molar-refractivity contribution in [2.24, 2.45) is 17.1 Å². The van der Waals surface area contributed by atoms with Crippen LogP contribution in [0.2, 0.25) is 0 Å². The second kappa shape index (κ2) is 13.0. The number of rotatable bonds is 10. The van der Waals surface area contributed by atoms with Gasteiger partial charge in [0.1, 0.15) is 22.9 Å². The van der Waals surface area contributed by atoms with Gasteiger partial charge >= 0.3 is 5.97 Å². The van der Waals surface area contributed by atoms with E-state index in [2.05, 4.69) is 9.88 Å². The lowest BCUT2D eigenvalue weighted by Gasteiger charge is -2.63. The van der Waals surface area contributed by atoms with E-state index in [1.54, 1.807) is 7.11 Å². The number of carbonyl (C=O) groups is 2. The number of aromatic nitrogens is 1. The number of aliphatic hydroxyl groups excluding tert-OH is 2. The maximum absolute atomic E-state index is 15.1. The van der Waals surface area contributed by atoms with Gasteiger partial charge in [0.25, 0.3) is 5.91 Å². The van der Waals surface area contributed by atoms with Crippen molar-refractivity contribution in [2.75, 3.05) is 59.1 Å². The number of nitrogens with zero attached hydrogens (tertiary/aromatic N) is 2. The highest BCUT2D eigenvalue weighted by Crippen LogP contribution is 2.67. The minimum absolute atomic E-state index is 0.0314. The van der Waals surface area contributed by atoms with Crippen LogP contribution in [0.3, 0.4) is 0 Å². The largest absolute Gasteiger partial charge is 0.496 e. The van der Waals surface area contributed by atoms with Gasteiger partial charge < -0.3 is 50.3 Å². The molecule has 1 aliphatic carbocycles. The summed E-state index contributed by atoms with van der Waals surface area (Å²) in [6, 6.07) is 10.5.